The molecule has 0 bridgehead atoms. The minimum Gasteiger partial charge on any atom is -0.326 e. The molecule has 2 N–H and O–H groups in total. The SMILES string of the molecule is CC(C)S(=O)(=O)NC[C@@](C)(F)c1ccc(-c2ccc3c(c2)NC(=O)C3)cc1. The molecule has 0 saturated heterocycles. The van der Waals surface area contributed by atoms with Crippen LogP contribution in [0, 0.1) is 0 Å². The highest BCUT2D eigenvalue weighted by molar-refractivity contribution is 7.90. The lowest BCUT2D eigenvalue weighted by Crippen LogP contribution is -2.39. The molecular weight excluding hydrogens is 367 g/mol. The van der Waals surface area contributed by atoms with Crippen LogP contribution in [0.25, 0.3) is 11.1 Å². The van der Waals surface area contributed by atoms with Gasteiger partial charge in [-0.3, -0.25) is 4.79 Å². The Morgan fingerprint density at radius 2 is 1.78 bits per heavy atom. The van der Waals surface area contributed by atoms with Crippen molar-refractivity contribution in [1.29, 1.82) is 0 Å². The van der Waals surface area contributed by atoms with Gasteiger partial charge in [-0.2, -0.15) is 0 Å². The molecule has 1 atom stereocenters. The Morgan fingerprint density at radius 1 is 1.15 bits per heavy atom. The molecule has 0 unspecified atom stereocenters. The molecule has 2 aromatic carbocycles. The lowest BCUT2D eigenvalue weighted by atomic mass is 9.95. The minimum absolute atomic E-state index is 0.0189. The number of anilines is 1. The van der Waals surface area contributed by atoms with Crippen molar-refractivity contribution in [2.24, 2.45) is 0 Å². The van der Waals surface area contributed by atoms with Gasteiger partial charge in [-0.15, -0.1) is 0 Å². The quantitative estimate of drug-likeness (QED) is 0.794. The van der Waals surface area contributed by atoms with Gasteiger partial charge in [0, 0.05) is 12.2 Å². The third kappa shape index (κ3) is 4.20. The second-order valence-corrected chi connectivity index (χ2v) is 9.61. The number of nitrogens with one attached hydrogen (secondary N) is 2. The fraction of sp³-hybridized carbons (Fsp3) is 0.350. The van der Waals surface area contributed by atoms with E-state index in [4.69, 9.17) is 0 Å². The van der Waals surface area contributed by atoms with Gasteiger partial charge in [0.1, 0.15) is 5.67 Å². The van der Waals surface area contributed by atoms with Gasteiger partial charge in [-0.05, 0) is 49.1 Å². The third-order valence-electron chi connectivity index (χ3n) is 4.78. The Bertz CT molecular complexity index is 967. The second-order valence-electron chi connectivity index (χ2n) is 7.29. The second kappa shape index (κ2) is 7.05. The van der Waals surface area contributed by atoms with E-state index in [1.54, 1.807) is 38.1 Å². The van der Waals surface area contributed by atoms with Gasteiger partial charge in [-0.1, -0.05) is 36.4 Å². The van der Waals surface area contributed by atoms with Crippen molar-refractivity contribution in [3.63, 3.8) is 0 Å². The molecule has 0 saturated carbocycles. The van der Waals surface area contributed by atoms with Crippen LogP contribution in [-0.4, -0.2) is 26.1 Å². The van der Waals surface area contributed by atoms with Crippen molar-refractivity contribution in [2.45, 2.75) is 38.1 Å². The van der Waals surface area contributed by atoms with Gasteiger partial charge >= 0.3 is 0 Å². The number of fused-ring (bicyclic) bond motifs is 1. The van der Waals surface area contributed by atoms with Crippen molar-refractivity contribution in [3.8, 4) is 11.1 Å². The first-order chi connectivity index (χ1) is 12.6. The van der Waals surface area contributed by atoms with E-state index < -0.39 is 20.9 Å². The standard InChI is InChI=1S/C20H23FN2O3S/c1-13(2)27(25,26)22-12-20(3,21)17-8-6-14(7-9-17)15-4-5-16-11-19(24)23-18(16)10-15/h4-10,13,22H,11-12H2,1-3H3,(H,23,24)/t20-/m1/s1. The molecule has 27 heavy (non-hydrogen) atoms. The monoisotopic (exact) mass is 390 g/mol. The molecule has 1 aliphatic rings. The molecule has 0 fully saturated rings. The number of rotatable bonds is 6. The van der Waals surface area contributed by atoms with Crippen LogP contribution in [-0.2, 0) is 26.9 Å². The van der Waals surface area contributed by atoms with E-state index in [1.165, 1.54) is 6.92 Å². The van der Waals surface area contributed by atoms with Gasteiger partial charge in [0.25, 0.3) is 0 Å². The number of halogens is 1. The highest BCUT2D eigenvalue weighted by Gasteiger charge is 2.29. The number of hydrogen-bond donors (Lipinski definition) is 2. The molecule has 144 valence electrons. The number of carbonyl (C=O) groups is 1. The molecule has 2 aromatic rings. The van der Waals surface area contributed by atoms with Crippen LogP contribution in [0.1, 0.15) is 31.9 Å². The Balaban J connectivity index is 1.77. The van der Waals surface area contributed by atoms with Crippen LogP contribution in [0.2, 0.25) is 0 Å². The maximum atomic E-state index is 15.0. The summed E-state index contributed by atoms with van der Waals surface area (Å²) in [5.74, 6) is -0.0189. The largest absolute Gasteiger partial charge is 0.326 e. The predicted octanol–water partition coefficient (Wildman–Crippen LogP) is 3.36. The van der Waals surface area contributed by atoms with Gasteiger partial charge in [-0.25, -0.2) is 17.5 Å². The number of amides is 1. The summed E-state index contributed by atoms with van der Waals surface area (Å²) in [6, 6.07) is 12.7. The van der Waals surface area contributed by atoms with Gasteiger partial charge < -0.3 is 5.32 Å². The van der Waals surface area contributed by atoms with E-state index >= 15 is 0 Å². The topological polar surface area (TPSA) is 75.3 Å². The number of alkyl halides is 1. The third-order valence-corrected chi connectivity index (χ3v) is 6.57. The average Bonchev–Trinajstić information content (AvgIpc) is 2.99. The fourth-order valence-electron chi connectivity index (χ4n) is 2.91. The number of benzene rings is 2. The van der Waals surface area contributed by atoms with Crippen molar-refractivity contribution in [3.05, 3.63) is 53.6 Å². The molecule has 0 aliphatic carbocycles. The molecular formula is C20H23FN2O3S. The summed E-state index contributed by atoms with van der Waals surface area (Å²) in [5, 5.41) is 2.20. The van der Waals surface area contributed by atoms with E-state index in [2.05, 4.69) is 10.0 Å². The summed E-state index contributed by atoms with van der Waals surface area (Å²) in [7, 11) is -3.53. The molecule has 5 nitrogen and oxygen atoms in total. The van der Waals surface area contributed by atoms with Gasteiger partial charge in [0.05, 0.1) is 11.7 Å². The highest BCUT2D eigenvalue weighted by atomic mass is 32.2. The maximum Gasteiger partial charge on any atom is 0.228 e. The molecule has 0 radical (unpaired) electrons. The summed E-state index contributed by atoms with van der Waals surface area (Å²) in [4.78, 5) is 11.5. The molecule has 1 amide bonds. The van der Waals surface area contributed by atoms with E-state index in [1.807, 2.05) is 18.2 Å². The summed E-state index contributed by atoms with van der Waals surface area (Å²) in [5.41, 5.74) is 2.15. The Morgan fingerprint density at radius 3 is 2.41 bits per heavy atom. The van der Waals surface area contributed by atoms with Crippen LogP contribution in [0.3, 0.4) is 0 Å². The van der Waals surface area contributed by atoms with Crippen LogP contribution in [0.5, 0.6) is 0 Å². The van der Waals surface area contributed by atoms with Gasteiger partial charge in [0.2, 0.25) is 15.9 Å². The molecule has 0 aromatic heterocycles. The van der Waals surface area contributed by atoms with E-state index in [9.17, 15) is 17.6 Å². The number of sulfonamides is 1. The minimum atomic E-state index is -3.53. The number of carbonyl (C=O) groups excluding carboxylic acids is 1. The summed E-state index contributed by atoms with van der Waals surface area (Å²) in [6.45, 7) is 4.13. The van der Waals surface area contributed by atoms with E-state index in [0.29, 0.717) is 12.0 Å². The highest BCUT2D eigenvalue weighted by Crippen LogP contribution is 2.31. The first kappa shape index (κ1) is 19.5. The zero-order chi connectivity index (χ0) is 19.8. The zero-order valence-corrected chi connectivity index (χ0v) is 16.4. The van der Waals surface area contributed by atoms with E-state index in [0.717, 1.165) is 22.4 Å². The summed E-state index contributed by atoms with van der Waals surface area (Å²) >= 11 is 0. The molecule has 1 heterocycles. The normalized spacial score (nSPS) is 16.1. The Kier molecular flexibility index (Phi) is 5.10. The maximum absolute atomic E-state index is 15.0. The average molecular weight is 390 g/mol. The smallest absolute Gasteiger partial charge is 0.228 e. The summed E-state index contributed by atoms with van der Waals surface area (Å²) in [6.07, 6.45) is 0.390. The van der Waals surface area contributed by atoms with Crippen molar-refractivity contribution in [1.82, 2.24) is 4.72 Å². The van der Waals surface area contributed by atoms with E-state index in [-0.39, 0.29) is 12.5 Å². The Hall–Kier alpha value is -2.25. The van der Waals surface area contributed by atoms with Gasteiger partial charge in [0.15, 0.2) is 0 Å². The fourth-order valence-corrected chi connectivity index (χ4v) is 3.71. The predicted molar refractivity (Wildman–Crippen MR) is 105 cm³/mol. The lowest BCUT2D eigenvalue weighted by molar-refractivity contribution is -0.115. The first-order valence-corrected chi connectivity index (χ1v) is 10.3. The zero-order valence-electron chi connectivity index (χ0n) is 15.5. The molecule has 0 spiro atoms. The molecule has 1 aliphatic heterocycles. The first-order valence-electron chi connectivity index (χ1n) is 8.79. The van der Waals surface area contributed by atoms with Crippen LogP contribution in [0.15, 0.2) is 42.5 Å². The summed E-state index contributed by atoms with van der Waals surface area (Å²) < 4.78 is 41.0. The molecule has 3 rings (SSSR count). The lowest BCUT2D eigenvalue weighted by Gasteiger charge is -2.22. The van der Waals surface area contributed by atoms with Crippen molar-refractivity contribution < 1.29 is 17.6 Å². The number of hydrogen-bond acceptors (Lipinski definition) is 3. The van der Waals surface area contributed by atoms with Crippen LogP contribution >= 0.6 is 0 Å². The van der Waals surface area contributed by atoms with Crippen LogP contribution in [0.4, 0.5) is 10.1 Å². The molecule has 7 heteroatoms. The van der Waals surface area contributed by atoms with Crippen molar-refractivity contribution >= 4 is 21.6 Å². The van der Waals surface area contributed by atoms with Crippen LogP contribution < -0.4 is 10.0 Å². The van der Waals surface area contributed by atoms with Crippen molar-refractivity contribution in [2.75, 3.05) is 11.9 Å². The Labute approximate surface area is 159 Å².